The van der Waals surface area contributed by atoms with E-state index in [1.807, 2.05) is 0 Å². The molecule has 0 spiro atoms. The van der Waals surface area contributed by atoms with Gasteiger partial charge in [-0.05, 0) is 20.3 Å². The molecule has 2 bridgehead atoms. The maximum absolute atomic E-state index is 11.3. The summed E-state index contributed by atoms with van der Waals surface area (Å²) in [6, 6.07) is 0.854. The van der Waals surface area contributed by atoms with Gasteiger partial charge in [-0.3, -0.25) is 9.69 Å². The van der Waals surface area contributed by atoms with Crippen LogP contribution < -0.4 is 0 Å². The highest BCUT2D eigenvalue weighted by molar-refractivity contribution is 5.81. The normalized spacial score (nSPS) is 40.3. The molecule has 3 atom stereocenters. The number of aliphatic hydroxyl groups is 1. The molecule has 2 aliphatic rings. The lowest BCUT2D eigenvalue weighted by molar-refractivity contribution is -0.124. The van der Waals surface area contributed by atoms with Crippen LogP contribution in [0.15, 0.2) is 0 Å². The van der Waals surface area contributed by atoms with Crippen LogP contribution in [0.1, 0.15) is 33.1 Å². The minimum absolute atomic E-state index is 0.103. The van der Waals surface area contributed by atoms with Crippen LogP contribution in [0.3, 0.4) is 0 Å². The van der Waals surface area contributed by atoms with E-state index < -0.39 is 0 Å². The molecule has 0 amide bonds. The van der Waals surface area contributed by atoms with Crippen LogP contribution in [0.25, 0.3) is 0 Å². The monoisotopic (exact) mass is 183 g/mol. The number of Topliss-reactive ketones (excluding diaryl/α,β-unsaturated/α-hetero) is 1. The molecular weight excluding hydrogens is 166 g/mol. The van der Waals surface area contributed by atoms with E-state index in [1.54, 1.807) is 0 Å². The average molecular weight is 183 g/mol. The lowest BCUT2D eigenvalue weighted by Gasteiger charge is -2.37. The van der Waals surface area contributed by atoms with Crippen molar-refractivity contribution in [3.8, 4) is 0 Å². The summed E-state index contributed by atoms with van der Waals surface area (Å²) < 4.78 is 0. The van der Waals surface area contributed by atoms with E-state index in [4.69, 9.17) is 0 Å². The first-order valence-electron chi connectivity index (χ1n) is 5.07. The van der Waals surface area contributed by atoms with Gasteiger partial charge in [0.1, 0.15) is 5.78 Å². The van der Waals surface area contributed by atoms with Gasteiger partial charge >= 0.3 is 0 Å². The molecule has 0 aromatic carbocycles. The summed E-state index contributed by atoms with van der Waals surface area (Å²) in [5.74, 6) is 0.323. The van der Waals surface area contributed by atoms with Gasteiger partial charge in [0.2, 0.25) is 0 Å². The molecule has 2 heterocycles. The molecule has 0 radical (unpaired) electrons. The number of hydrogen-bond donors (Lipinski definition) is 1. The molecule has 3 nitrogen and oxygen atoms in total. The van der Waals surface area contributed by atoms with Gasteiger partial charge in [0.15, 0.2) is 0 Å². The van der Waals surface area contributed by atoms with Crippen molar-refractivity contribution >= 4 is 5.78 Å². The summed E-state index contributed by atoms with van der Waals surface area (Å²) >= 11 is 0. The van der Waals surface area contributed by atoms with E-state index in [0.29, 0.717) is 30.7 Å². The molecule has 1 N–H and O–H groups in total. The van der Waals surface area contributed by atoms with E-state index >= 15 is 0 Å². The molecule has 2 aliphatic heterocycles. The molecule has 13 heavy (non-hydrogen) atoms. The van der Waals surface area contributed by atoms with Crippen molar-refractivity contribution in [3.63, 3.8) is 0 Å². The third-order valence-corrected chi connectivity index (χ3v) is 3.26. The lowest BCUT2D eigenvalue weighted by atomic mass is 9.99. The highest BCUT2D eigenvalue weighted by Crippen LogP contribution is 2.35. The fourth-order valence-electron chi connectivity index (χ4n) is 2.84. The van der Waals surface area contributed by atoms with Crippen LogP contribution >= 0.6 is 0 Å². The van der Waals surface area contributed by atoms with Crippen molar-refractivity contribution in [1.82, 2.24) is 4.90 Å². The van der Waals surface area contributed by atoms with Crippen molar-refractivity contribution in [2.24, 2.45) is 0 Å². The molecular formula is C10H17NO2. The van der Waals surface area contributed by atoms with Crippen LogP contribution in [0.4, 0.5) is 0 Å². The quantitative estimate of drug-likeness (QED) is 0.646. The molecule has 74 valence electrons. The summed E-state index contributed by atoms with van der Waals surface area (Å²) in [6.45, 7) is 4.27. The molecule has 0 unspecified atom stereocenters. The third kappa shape index (κ3) is 1.40. The molecule has 2 saturated heterocycles. The number of rotatable bonds is 1. The first-order valence-corrected chi connectivity index (χ1v) is 5.07. The maximum Gasteiger partial charge on any atom is 0.136 e. The molecule has 2 rings (SSSR count). The second-order valence-electron chi connectivity index (χ2n) is 4.51. The minimum atomic E-state index is -0.279. The van der Waals surface area contributed by atoms with Gasteiger partial charge in [-0.2, -0.15) is 0 Å². The first kappa shape index (κ1) is 9.16. The van der Waals surface area contributed by atoms with E-state index in [2.05, 4.69) is 18.7 Å². The van der Waals surface area contributed by atoms with Crippen LogP contribution in [-0.4, -0.2) is 40.0 Å². The number of piperidine rings is 1. The lowest BCUT2D eigenvalue weighted by Crippen LogP contribution is -2.48. The Kier molecular flexibility index (Phi) is 2.16. The zero-order chi connectivity index (χ0) is 9.59. The molecule has 3 heteroatoms. The smallest absolute Gasteiger partial charge is 0.136 e. The van der Waals surface area contributed by atoms with E-state index in [1.165, 1.54) is 0 Å². The second kappa shape index (κ2) is 3.07. The van der Waals surface area contributed by atoms with Gasteiger partial charge in [0.05, 0.1) is 6.10 Å². The standard InChI is InChI=1S/C10H17NO2/c1-6(2)11-7-3-8(12)5-9(11)10(13)4-7/h6-7,9-10,13H,3-5H2,1-2H3/t7-,9+,10-/m1/s1. The Bertz CT molecular complexity index is 227. The van der Waals surface area contributed by atoms with Crippen LogP contribution in [0, 0.1) is 0 Å². The van der Waals surface area contributed by atoms with Crippen LogP contribution in [0.5, 0.6) is 0 Å². The Hall–Kier alpha value is -0.410. The molecule has 0 saturated carbocycles. The number of carbonyl (C=O) groups is 1. The predicted octanol–water partition coefficient (Wildman–Crippen LogP) is 0.561. The van der Waals surface area contributed by atoms with Gasteiger partial charge in [0.25, 0.3) is 0 Å². The Morgan fingerprint density at radius 3 is 2.69 bits per heavy atom. The summed E-state index contributed by atoms with van der Waals surface area (Å²) in [7, 11) is 0. The number of aliphatic hydroxyl groups excluding tert-OH is 1. The van der Waals surface area contributed by atoms with Gasteiger partial charge in [-0.1, -0.05) is 0 Å². The third-order valence-electron chi connectivity index (χ3n) is 3.26. The predicted molar refractivity (Wildman–Crippen MR) is 49.4 cm³/mol. The minimum Gasteiger partial charge on any atom is -0.391 e. The fraction of sp³-hybridized carbons (Fsp3) is 0.900. The van der Waals surface area contributed by atoms with Crippen molar-refractivity contribution < 1.29 is 9.90 Å². The van der Waals surface area contributed by atoms with E-state index in [-0.39, 0.29) is 12.1 Å². The van der Waals surface area contributed by atoms with Crippen molar-refractivity contribution in [3.05, 3.63) is 0 Å². The Balaban J connectivity index is 2.20. The van der Waals surface area contributed by atoms with Crippen molar-refractivity contribution in [1.29, 1.82) is 0 Å². The number of ketones is 1. The molecule has 0 aromatic rings. The Morgan fingerprint density at radius 2 is 2.15 bits per heavy atom. The van der Waals surface area contributed by atoms with Crippen molar-refractivity contribution in [2.75, 3.05) is 0 Å². The van der Waals surface area contributed by atoms with Crippen LogP contribution in [0.2, 0.25) is 0 Å². The summed E-state index contributed by atoms with van der Waals surface area (Å²) in [4.78, 5) is 13.6. The topological polar surface area (TPSA) is 40.5 Å². The molecule has 0 aromatic heterocycles. The largest absolute Gasteiger partial charge is 0.391 e. The molecule has 0 aliphatic carbocycles. The SMILES string of the molecule is CC(C)N1[C@@H]2CC(=O)C[C@H]1[C@H](O)C2. The highest BCUT2D eigenvalue weighted by atomic mass is 16.3. The Labute approximate surface area is 78.7 Å². The van der Waals surface area contributed by atoms with Crippen LogP contribution in [-0.2, 0) is 4.79 Å². The number of nitrogens with zero attached hydrogens (tertiary/aromatic N) is 1. The van der Waals surface area contributed by atoms with E-state index in [9.17, 15) is 9.90 Å². The summed E-state index contributed by atoms with van der Waals surface area (Å²) in [6.07, 6.45) is 1.70. The first-order chi connectivity index (χ1) is 6.09. The second-order valence-corrected chi connectivity index (χ2v) is 4.51. The van der Waals surface area contributed by atoms with E-state index in [0.717, 1.165) is 6.42 Å². The molecule has 2 fully saturated rings. The number of hydrogen-bond acceptors (Lipinski definition) is 3. The maximum atomic E-state index is 11.3. The summed E-state index contributed by atoms with van der Waals surface area (Å²) in [5.41, 5.74) is 0. The zero-order valence-electron chi connectivity index (χ0n) is 8.23. The fourth-order valence-corrected chi connectivity index (χ4v) is 2.84. The van der Waals surface area contributed by atoms with Gasteiger partial charge in [-0.25, -0.2) is 0 Å². The number of fused-ring (bicyclic) bond motifs is 2. The van der Waals surface area contributed by atoms with Gasteiger partial charge in [-0.15, -0.1) is 0 Å². The Morgan fingerprint density at radius 1 is 1.46 bits per heavy atom. The van der Waals surface area contributed by atoms with Gasteiger partial charge < -0.3 is 5.11 Å². The zero-order valence-corrected chi connectivity index (χ0v) is 8.23. The highest BCUT2D eigenvalue weighted by Gasteiger charge is 2.46. The summed E-state index contributed by atoms with van der Waals surface area (Å²) in [5, 5.41) is 9.74. The van der Waals surface area contributed by atoms with Gasteiger partial charge in [0, 0.05) is 31.0 Å². The average Bonchev–Trinajstić information content (AvgIpc) is 2.21. The van der Waals surface area contributed by atoms with Crippen molar-refractivity contribution in [2.45, 2.75) is 57.3 Å². The number of carbonyl (C=O) groups excluding carboxylic acids is 1.